The Hall–Kier alpha value is -1.36. The van der Waals surface area contributed by atoms with Gasteiger partial charge in [-0.25, -0.2) is 4.39 Å². The summed E-state index contributed by atoms with van der Waals surface area (Å²) in [6.45, 7) is 8.98. The van der Waals surface area contributed by atoms with Gasteiger partial charge in [-0.15, -0.1) is 0 Å². The van der Waals surface area contributed by atoms with Gasteiger partial charge in [-0.3, -0.25) is 0 Å². The predicted octanol–water partition coefficient (Wildman–Crippen LogP) is 5.66. The first-order valence-electron chi connectivity index (χ1n) is 9.09. The second kappa shape index (κ2) is 7.34. The fraction of sp³-hybridized carbons (Fsp3) is 0.455. The van der Waals surface area contributed by atoms with Crippen LogP contribution < -0.4 is 0 Å². The first-order chi connectivity index (χ1) is 12.2. The van der Waals surface area contributed by atoms with Gasteiger partial charge < -0.3 is 9.84 Å². The van der Waals surface area contributed by atoms with Gasteiger partial charge in [-0.2, -0.15) is 0 Å². The lowest BCUT2D eigenvalue weighted by atomic mass is 9.84. The van der Waals surface area contributed by atoms with Crippen LogP contribution in [0, 0.1) is 5.82 Å². The van der Waals surface area contributed by atoms with Crippen molar-refractivity contribution < 1.29 is 14.2 Å². The second-order valence-electron chi connectivity index (χ2n) is 8.22. The van der Waals surface area contributed by atoms with E-state index in [1.165, 1.54) is 29.5 Å². The second-order valence-corrected chi connectivity index (χ2v) is 9.37. The Balaban J connectivity index is 1.84. The molecule has 140 valence electrons. The molecule has 0 aliphatic carbocycles. The zero-order valence-electron chi connectivity index (χ0n) is 15.9. The molecule has 4 heteroatoms. The van der Waals surface area contributed by atoms with E-state index in [0.717, 1.165) is 9.79 Å². The molecule has 0 saturated carbocycles. The van der Waals surface area contributed by atoms with E-state index >= 15 is 0 Å². The van der Waals surface area contributed by atoms with Gasteiger partial charge in [0.1, 0.15) is 5.82 Å². The van der Waals surface area contributed by atoms with E-state index in [0.29, 0.717) is 25.0 Å². The summed E-state index contributed by atoms with van der Waals surface area (Å²) in [6, 6.07) is 13.3. The van der Waals surface area contributed by atoms with E-state index < -0.39 is 5.60 Å². The number of ether oxygens (including phenoxy) is 1. The molecular weight excluding hydrogens is 347 g/mol. The normalized spacial score (nSPS) is 23.8. The molecule has 2 aromatic rings. The number of aliphatic hydroxyl groups is 1. The van der Waals surface area contributed by atoms with Gasteiger partial charge in [0.2, 0.25) is 0 Å². The molecule has 0 radical (unpaired) electrons. The molecule has 2 nitrogen and oxygen atoms in total. The summed E-state index contributed by atoms with van der Waals surface area (Å²) in [5, 5.41) is 11.0. The van der Waals surface area contributed by atoms with Gasteiger partial charge in [0.25, 0.3) is 0 Å². The van der Waals surface area contributed by atoms with Crippen LogP contribution in [-0.2, 0) is 15.8 Å². The summed E-state index contributed by atoms with van der Waals surface area (Å²) in [7, 11) is 0. The van der Waals surface area contributed by atoms with E-state index in [9.17, 15) is 9.50 Å². The third-order valence-electron chi connectivity index (χ3n) is 4.91. The van der Waals surface area contributed by atoms with Gasteiger partial charge in [0.15, 0.2) is 0 Å². The minimum Gasteiger partial charge on any atom is -0.385 e. The first-order valence-corrected chi connectivity index (χ1v) is 9.91. The maximum atomic E-state index is 14.2. The molecule has 26 heavy (non-hydrogen) atoms. The molecule has 1 heterocycles. The van der Waals surface area contributed by atoms with Gasteiger partial charge in [0.05, 0.1) is 18.3 Å². The van der Waals surface area contributed by atoms with E-state index in [2.05, 4.69) is 45.0 Å². The van der Waals surface area contributed by atoms with E-state index in [1.54, 1.807) is 0 Å². The quantitative estimate of drug-likeness (QED) is 0.751. The van der Waals surface area contributed by atoms with Crippen molar-refractivity contribution in [2.45, 2.75) is 67.4 Å². The lowest BCUT2D eigenvalue weighted by Crippen LogP contribution is -2.37. The van der Waals surface area contributed by atoms with Crippen molar-refractivity contribution in [2.24, 2.45) is 0 Å². The molecule has 2 unspecified atom stereocenters. The molecule has 0 aromatic heterocycles. The number of rotatable bonds is 3. The summed E-state index contributed by atoms with van der Waals surface area (Å²) in [4.78, 5) is 1.86. The monoisotopic (exact) mass is 374 g/mol. The van der Waals surface area contributed by atoms with Crippen molar-refractivity contribution in [2.75, 3.05) is 6.61 Å². The van der Waals surface area contributed by atoms with Crippen molar-refractivity contribution in [1.82, 2.24) is 0 Å². The van der Waals surface area contributed by atoms with Crippen molar-refractivity contribution in [3.05, 3.63) is 59.4 Å². The highest BCUT2D eigenvalue weighted by Gasteiger charge is 2.35. The van der Waals surface area contributed by atoms with E-state index in [1.807, 2.05) is 13.0 Å². The standard InChI is InChI=1S/C22H27FO2S/c1-15-14-22(24,9-10-25-15)17-11-18(23)13-20(12-17)26-19-7-5-16(6-8-19)21(2,3)4/h5-8,11-13,15,24H,9-10,14H2,1-4H3. The molecule has 1 saturated heterocycles. The van der Waals surface area contributed by atoms with Gasteiger partial charge >= 0.3 is 0 Å². The van der Waals surface area contributed by atoms with Gasteiger partial charge in [0, 0.05) is 22.6 Å². The summed E-state index contributed by atoms with van der Waals surface area (Å²) in [5.74, 6) is -0.316. The molecule has 3 rings (SSSR count). The number of halogens is 1. The van der Waals surface area contributed by atoms with E-state index in [4.69, 9.17) is 4.74 Å². The topological polar surface area (TPSA) is 29.5 Å². The Morgan fingerprint density at radius 1 is 1.12 bits per heavy atom. The highest BCUT2D eigenvalue weighted by molar-refractivity contribution is 7.99. The van der Waals surface area contributed by atoms with Crippen LogP contribution in [0.4, 0.5) is 4.39 Å². The minimum absolute atomic E-state index is 0.0296. The van der Waals surface area contributed by atoms with Crippen LogP contribution in [0.5, 0.6) is 0 Å². The number of hydrogen-bond donors (Lipinski definition) is 1. The highest BCUT2D eigenvalue weighted by atomic mass is 32.2. The van der Waals surface area contributed by atoms with Crippen LogP contribution >= 0.6 is 11.8 Å². The van der Waals surface area contributed by atoms with Crippen LogP contribution in [0.3, 0.4) is 0 Å². The Labute approximate surface area is 159 Å². The molecule has 1 N–H and O–H groups in total. The molecular formula is C22H27FO2S. The van der Waals surface area contributed by atoms with Gasteiger partial charge in [-0.05, 0) is 53.8 Å². The van der Waals surface area contributed by atoms with Crippen LogP contribution in [0.25, 0.3) is 0 Å². The van der Waals surface area contributed by atoms with E-state index in [-0.39, 0.29) is 17.3 Å². The molecule has 0 spiro atoms. The fourth-order valence-electron chi connectivity index (χ4n) is 3.38. The first kappa shape index (κ1) is 19.4. The minimum atomic E-state index is -1.02. The third-order valence-corrected chi connectivity index (χ3v) is 5.89. The number of hydrogen-bond acceptors (Lipinski definition) is 3. The molecule has 1 aliphatic heterocycles. The molecule has 1 aliphatic rings. The van der Waals surface area contributed by atoms with Crippen molar-refractivity contribution >= 4 is 11.8 Å². The molecule has 1 fully saturated rings. The number of benzene rings is 2. The Morgan fingerprint density at radius 2 is 1.81 bits per heavy atom. The Morgan fingerprint density at radius 3 is 2.42 bits per heavy atom. The van der Waals surface area contributed by atoms with Crippen molar-refractivity contribution in [3.63, 3.8) is 0 Å². The van der Waals surface area contributed by atoms with Crippen LogP contribution in [0.2, 0.25) is 0 Å². The SMILES string of the molecule is CC1CC(O)(c2cc(F)cc(Sc3ccc(C(C)(C)C)cc3)c2)CCO1. The molecule has 0 bridgehead atoms. The summed E-state index contributed by atoms with van der Waals surface area (Å²) >= 11 is 1.52. The zero-order valence-corrected chi connectivity index (χ0v) is 16.7. The maximum Gasteiger partial charge on any atom is 0.124 e. The van der Waals surface area contributed by atoms with Crippen molar-refractivity contribution in [3.8, 4) is 0 Å². The fourth-order valence-corrected chi connectivity index (χ4v) is 4.28. The molecule has 0 amide bonds. The van der Waals surface area contributed by atoms with Crippen LogP contribution in [-0.4, -0.2) is 17.8 Å². The zero-order chi connectivity index (χ0) is 18.9. The lowest BCUT2D eigenvalue weighted by molar-refractivity contribution is -0.101. The Bertz CT molecular complexity index is 767. The average molecular weight is 375 g/mol. The molecule has 2 aromatic carbocycles. The lowest BCUT2D eigenvalue weighted by Gasteiger charge is -2.36. The summed E-state index contributed by atoms with van der Waals surface area (Å²) in [6.07, 6.45) is 0.949. The van der Waals surface area contributed by atoms with Crippen LogP contribution in [0.15, 0.2) is 52.3 Å². The van der Waals surface area contributed by atoms with Gasteiger partial charge in [-0.1, -0.05) is 44.7 Å². The predicted molar refractivity (Wildman–Crippen MR) is 104 cm³/mol. The van der Waals surface area contributed by atoms with Crippen LogP contribution in [0.1, 0.15) is 51.7 Å². The highest BCUT2D eigenvalue weighted by Crippen LogP contribution is 2.38. The molecule has 2 atom stereocenters. The largest absolute Gasteiger partial charge is 0.385 e. The third kappa shape index (κ3) is 4.48. The Kier molecular flexibility index (Phi) is 5.48. The maximum absolute atomic E-state index is 14.2. The summed E-state index contributed by atoms with van der Waals surface area (Å²) in [5.41, 5.74) is 0.998. The smallest absolute Gasteiger partial charge is 0.124 e. The van der Waals surface area contributed by atoms with Crippen molar-refractivity contribution in [1.29, 1.82) is 0 Å². The average Bonchev–Trinajstić information content (AvgIpc) is 2.54. The summed E-state index contributed by atoms with van der Waals surface area (Å²) < 4.78 is 19.7.